The molecule has 0 aliphatic rings. The Bertz CT molecular complexity index is 446. The summed E-state index contributed by atoms with van der Waals surface area (Å²) in [6.45, 7) is 4.15. The van der Waals surface area contributed by atoms with Crippen LogP contribution >= 0.6 is 0 Å². The quantitative estimate of drug-likeness (QED) is 0.831. The Morgan fingerprint density at radius 2 is 1.69 bits per heavy atom. The highest BCUT2D eigenvalue weighted by molar-refractivity contribution is 5.38. The molecule has 2 aromatic rings. The fourth-order valence-corrected chi connectivity index (χ4v) is 1.91. The summed E-state index contributed by atoms with van der Waals surface area (Å²) in [6.07, 6.45) is 3.65. The lowest BCUT2D eigenvalue weighted by molar-refractivity contribution is 0.844. The maximum absolute atomic E-state index is 6.28. The molecule has 1 unspecified atom stereocenters. The van der Waals surface area contributed by atoms with Crippen molar-refractivity contribution in [3.8, 4) is 0 Å². The maximum Gasteiger partial charge on any atom is 0.0572 e. The van der Waals surface area contributed by atoms with Crippen molar-refractivity contribution in [3.63, 3.8) is 0 Å². The van der Waals surface area contributed by atoms with Gasteiger partial charge in [0.05, 0.1) is 6.04 Å². The van der Waals surface area contributed by atoms with E-state index in [2.05, 4.69) is 31.0 Å². The number of hydrogen-bond acceptors (Lipinski definition) is 2. The monoisotopic (exact) mass is 212 g/mol. The van der Waals surface area contributed by atoms with Gasteiger partial charge in [-0.25, -0.2) is 0 Å². The van der Waals surface area contributed by atoms with Gasteiger partial charge in [-0.3, -0.25) is 4.98 Å². The molecule has 0 radical (unpaired) electrons. The first-order valence-electron chi connectivity index (χ1n) is 5.42. The van der Waals surface area contributed by atoms with E-state index in [1.54, 1.807) is 6.20 Å². The summed E-state index contributed by atoms with van der Waals surface area (Å²) < 4.78 is 0. The molecule has 0 aliphatic heterocycles. The van der Waals surface area contributed by atoms with Crippen molar-refractivity contribution < 1.29 is 0 Å². The van der Waals surface area contributed by atoms with Gasteiger partial charge >= 0.3 is 0 Å². The van der Waals surface area contributed by atoms with E-state index in [1.807, 2.05) is 24.4 Å². The average Bonchev–Trinajstić information content (AvgIpc) is 2.29. The lowest BCUT2D eigenvalue weighted by Crippen LogP contribution is -2.14. The topological polar surface area (TPSA) is 38.9 Å². The number of aromatic nitrogens is 1. The van der Waals surface area contributed by atoms with Gasteiger partial charge in [0.2, 0.25) is 0 Å². The summed E-state index contributed by atoms with van der Waals surface area (Å²) in [5.74, 6) is 0. The summed E-state index contributed by atoms with van der Waals surface area (Å²) in [7, 11) is 0. The molecule has 0 aliphatic carbocycles. The van der Waals surface area contributed by atoms with Crippen LogP contribution in [-0.4, -0.2) is 4.98 Å². The predicted molar refractivity (Wildman–Crippen MR) is 66.2 cm³/mol. The van der Waals surface area contributed by atoms with Crippen LogP contribution in [0.4, 0.5) is 0 Å². The van der Waals surface area contributed by atoms with E-state index in [0.29, 0.717) is 0 Å². The van der Waals surface area contributed by atoms with Crippen LogP contribution < -0.4 is 5.73 Å². The van der Waals surface area contributed by atoms with E-state index in [1.165, 1.54) is 16.7 Å². The number of benzene rings is 1. The number of aryl methyl sites for hydroxylation is 2. The van der Waals surface area contributed by atoms with Crippen molar-refractivity contribution >= 4 is 0 Å². The van der Waals surface area contributed by atoms with Crippen LogP contribution in [0.25, 0.3) is 0 Å². The first kappa shape index (κ1) is 10.8. The highest BCUT2D eigenvalue weighted by atomic mass is 14.7. The normalized spacial score (nSPS) is 12.4. The zero-order valence-electron chi connectivity index (χ0n) is 9.64. The fraction of sp³-hybridized carbons (Fsp3) is 0.214. The molecule has 1 atom stereocenters. The Kier molecular flexibility index (Phi) is 3.02. The molecule has 2 N–H and O–H groups in total. The molecule has 2 heteroatoms. The summed E-state index contributed by atoms with van der Waals surface area (Å²) >= 11 is 0. The minimum Gasteiger partial charge on any atom is -0.320 e. The second kappa shape index (κ2) is 4.45. The van der Waals surface area contributed by atoms with Gasteiger partial charge in [-0.15, -0.1) is 0 Å². The van der Waals surface area contributed by atoms with Gasteiger partial charge in [0, 0.05) is 12.4 Å². The zero-order valence-corrected chi connectivity index (χ0v) is 9.64. The smallest absolute Gasteiger partial charge is 0.0572 e. The van der Waals surface area contributed by atoms with E-state index in [9.17, 15) is 0 Å². The molecule has 2 rings (SSSR count). The minimum absolute atomic E-state index is 0.0881. The fourth-order valence-electron chi connectivity index (χ4n) is 1.91. The summed E-state index contributed by atoms with van der Waals surface area (Å²) in [5, 5.41) is 0. The largest absolute Gasteiger partial charge is 0.320 e. The molecule has 0 spiro atoms. The number of rotatable bonds is 2. The van der Waals surface area contributed by atoms with Crippen molar-refractivity contribution in [3.05, 3.63) is 65.0 Å². The van der Waals surface area contributed by atoms with E-state index in [0.717, 1.165) is 5.56 Å². The molecule has 82 valence electrons. The highest BCUT2D eigenvalue weighted by Gasteiger charge is 2.12. The molecule has 0 amide bonds. The van der Waals surface area contributed by atoms with Crippen LogP contribution in [0, 0.1) is 13.8 Å². The van der Waals surface area contributed by atoms with Crippen LogP contribution in [0.3, 0.4) is 0 Å². The Morgan fingerprint density at radius 1 is 1.00 bits per heavy atom. The lowest BCUT2D eigenvalue weighted by Gasteiger charge is -2.16. The Labute approximate surface area is 96.1 Å². The van der Waals surface area contributed by atoms with Crippen molar-refractivity contribution in [2.75, 3.05) is 0 Å². The van der Waals surface area contributed by atoms with Gasteiger partial charge in [0.25, 0.3) is 0 Å². The second-order valence-corrected chi connectivity index (χ2v) is 4.07. The first-order valence-corrected chi connectivity index (χ1v) is 5.42. The third-order valence-corrected chi connectivity index (χ3v) is 2.94. The van der Waals surface area contributed by atoms with Gasteiger partial charge in [0.1, 0.15) is 0 Å². The first-order chi connectivity index (χ1) is 7.70. The SMILES string of the molecule is Cc1ccccc1C(N)c1cnccc1C. The van der Waals surface area contributed by atoms with Gasteiger partial charge < -0.3 is 5.73 Å². The molecule has 0 bridgehead atoms. The molecular formula is C14H16N2. The molecule has 0 fully saturated rings. The van der Waals surface area contributed by atoms with Crippen LogP contribution in [-0.2, 0) is 0 Å². The van der Waals surface area contributed by atoms with E-state index >= 15 is 0 Å². The number of nitrogens with two attached hydrogens (primary N) is 1. The standard InChI is InChI=1S/C14H16N2/c1-10-5-3-4-6-12(10)14(15)13-9-16-8-7-11(13)2/h3-9,14H,15H2,1-2H3. The van der Waals surface area contributed by atoms with Crippen molar-refractivity contribution in [2.24, 2.45) is 5.73 Å². The lowest BCUT2D eigenvalue weighted by atomic mass is 9.94. The van der Waals surface area contributed by atoms with Crippen molar-refractivity contribution in [2.45, 2.75) is 19.9 Å². The minimum atomic E-state index is -0.0881. The summed E-state index contributed by atoms with van der Waals surface area (Å²) in [4.78, 5) is 4.14. The van der Waals surface area contributed by atoms with Crippen LogP contribution in [0.1, 0.15) is 28.3 Å². The average molecular weight is 212 g/mol. The Balaban J connectivity index is 2.44. The van der Waals surface area contributed by atoms with Gasteiger partial charge in [-0.1, -0.05) is 24.3 Å². The molecule has 1 heterocycles. The number of pyridine rings is 1. The van der Waals surface area contributed by atoms with Crippen LogP contribution in [0.2, 0.25) is 0 Å². The molecule has 0 saturated carbocycles. The third-order valence-electron chi connectivity index (χ3n) is 2.94. The molecule has 16 heavy (non-hydrogen) atoms. The molecule has 2 nitrogen and oxygen atoms in total. The molecule has 1 aromatic carbocycles. The third kappa shape index (κ3) is 1.97. The molecule has 0 saturated heterocycles. The van der Waals surface area contributed by atoms with Crippen LogP contribution in [0.5, 0.6) is 0 Å². The zero-order chi connectivity index (χ0) is 11.5. The van der Waals surface area contributed by atoms with E-state index in [-0.39, 0.29) is 6.04 Å². The summed E-state index contributed by atoms with van der Waals surface area (Å²) in [6, 6.07) is 10.1. The highest BCUT2D eigenvalue weighted by Crippen LogP contribution is 2.23. The van der Waals surface area contributed by atoms with Gasteiger partial charge in [0.15, 0.2) is 0 Å². The maximum atomic E-state index is 6.28. The predicted octanol–water partition coefficient (Wildman–Crippen LogP) is 2.75. The molecule has 1 aromatic heterocycles. The summed E-state index contributed by atoms with van der Waals surface area (Å²) in [5.41, 5.74) is 10.9. The van der Waals surface area contributed by atoms with Gasteiger partial charge in [-0.05, 0) is 42.2 Å². The van der Waals surface area contributed by atoms with E-state index < -0.39 is 0 Å². The Morgan fingerprint density at radius 3 is 2.38 bits per heavy atom. The van der Waals surface area contributed by atoms with Crippen molar-refractivity contribution in [1.29, 1.82) is 0 Å². The van der Waals surface area contributed by atoms with Crippen molar-refractivity contribution in [1.82, 2.24) is 4.98 Å². The number of nitrogens with zero attached hydrogens (tertiary/aromatic N) is 1. The number of hydrogen-bond donors (Lipinski definition) is 1. The van der Waals surface area contributed by atoms with Crippen LogP contribution in [0.15, 0.2) is 42.7 Å². The van der Waals surface area contributed by atoms with E-state index in [4.69, 9.17) is 5.73 Å². The Hall–Kier alpha value is -1.67. The molecular weight excluding hydrogens is 196 g/mol. The second-order valence-electron chi connectivity index (χ2n) is 4.07. The van der Waals surface area contributed by atoms with Gasteiger partial charge in [-0.2, -0.15) is 0 Å².